The summed E-state index contributed by atoms with van der Waals surface area (Å²) in [4.78, 5) is 92.2. The first-order chi connectivity index (χ1) is 22.9. The van der Waals surface area contributed by atoms with Crippen LogP contribution in [0.3, 0.4) is 0 Å². The van der Waals surface area contributed by atoms with E-state index in [1.54, 1.807) is 0 Å². The van der Waals surface area contributed by atoms with E-state index in [2.05, 4.69) is 42.2 Å². The van der Waals surface area contributed by atoms with Gasteiger partial charge in [-0.1, -0.05) is 6.92 Å². The zero-order valence-electron chi connectivity index (χ0n) is 29.3. The second-order valence-electron chi connectivity index (χ2n) is 11.8. The van der Waals surface area contributed by atoms with Crippen LogP contribution in [0.4, 0.5) is 0 Å². The molecule has 0 radical (unpaired) electrons. The summed E-state index contributed by atoms with van der Waals surface area (Å²) < 4.78 is 0. The summed E-state index contributed by atoms with van der Waals surface area (Å²) in [5.41, 5.74) is 16.3. The molecule has 0 rings (SSSR count). The molecule has 19 heteroatoms. The van der Waals surface area contributed by atoms with Crippen molar-refractivity contribution in [3.05, 3.63) is 0 Å². The Morgan fingerprint density at radius 2 is 1.20 bits per heavy atom. The van der Waals surface area contributed by atoms with Gasteiger partial charge in [-0.3, -0.25) is 33.8 Å². The van der Waals surface area contributed by atoms with Crippen LogP contribution in [0.15, 0.2) is 4.99 Å². The highest BCUT2D eigenvalue weighted by atomic mass is 16.3. The van der Waals surface area contributed by atoms with Crippen LogP contribution in [0.2, 0.25) is 0 Å². The average Bonchev–Trinajstić information content (AvgIpc) is 3.03. The number of carbonyl (C=O) groups is 7. The molecule has 8 atom stereocenters. The number of hydrogen-bond acceptors (Lipinski definition) is 11. The molecule has 19 nitrogen and oxygen atoms in total. The molecule has 280 valence electrons. The van der Waals surface area contributed by atoms with Crippen molar-refractivity contribution in [2.45, 2.75) is 122 Å². The summed E-state index contributed by atoms with van der Waals surface area (Å²) in [6, 6.07) is -7.70. The molecule has 0 saturated heterocycles. The van der Waals surface area contributed by atoms with Crippen LogP contribution in [0, 0.1) is 0 Å². The summed E-state index contributed by atoms with van der Waals surface area (Å²) in [7, 11) is 0. The molecule has 0 saturated carbocycles. The fourth-order valence-electron chi connectivity index (χ4n) is 4.21. The normalized spacial score (nSPS) is 15.8. The number of unbranched alkanes of at least 4 members (excludes halogenated alkanes) is 1. The lowest BCUT2D eigenvalue weighted by atomic mass is 10.1. The van der Waals surface area contributed by atoms with Gasteiger partial charge in [0.05, 0.1) is 18.2 Å². The zero-order chi connectivity index (χ0) is 37.7. The number of aliphatic hydroxyl groups excluding tert-OH is 1. The van der Waals surface area contributed by atoms with Crippen molar-refractivity contribution < 1.29 is 38.7 Å². The lowest BCUT2D eigenvalue weighted by Crippen LogP contribution is -2.60. The first-order valence-electron chi connectivity index (χ1n) is 16.4. The first-order valence-corrected chi connectivity index (χ1v) is 16.4. The number of carbonyl (C=O) groups excluding carboxylic acids is 7. The highest BCUT2D eigenvalue weighted by molar-refractivity contribution is 5.96. The van der Waals surface area contributed by atoms with Crippen LogP contribution in [0.5, 0.6) is 0 Å². The summed E-state index contributed by atoms with van der Waals surface area (Å²) in [5, 5.41) is 28.2. The Kier molecular flexibility index (Phi) is 21.8. The molecule has 0 aromatic carbocycles. The Balaban J connectivity index is 5.94. The second-order valence-corrected chi connectivity index (χ2v) is 11.8. The average molecular weight is 700 g/mol. The van der Waals surface area contributed by atoms with Crippen molar-refractivity contribution in [3.8, 4) is 0 Å². The summed E-state index contributed by atoms with van der Waals surface area (Å²) in [6.07, 6.45) is 0.922. The number of aliphatic hydroxyl groups is 1. The van der Waals surface area contributed by atoms with Gasteiger partial charge in [0, 0.05) is 6.54 Å². The van der Waals surface area contributed by atoms with E-state index in [-0.39, 0.29) is 31.8 Å². The smallest absolute Gasteiger partial charge is 0.245 e. The number of guanidine groups is 1. The standard InChI is InChI=1S/C30H57N11O8/c1-7-34-13-9-8-11-21(27(47)37-18(4)25(45)36-16(2)15-42)40-28(48)22(12-10-14-35-30(32)33)39-26(46)19(5)38-29(49)23(20(6)43)41-24(44)17(3)31/h15-23,34,43H,7-14,31H2,1-6H3,(H,36,45)(H,37,47)(H,38,49)(H,39,46)(H,40,48)(H,41,44)(H4,32,33,35)/t16-,17-,18-,19-,20+,21-,22-,23-/m0/s1. The van der Waals surface area contributed by atoms with Gasteiger partial charge in [-0.05, 0) is 79.8 Å². The number of hydrogen-bond donors (Lipinski definition) is 11. The van der Waals surface area contributed by atoms with E-state index >= 15 is 0 Å². The second kappa shape index (κ2) is 23.9. The number of nitrogens with two attached hydrogens (primary N) is 3. The third-order valence-electron chi connectivity index (χ3n) is 7.11. The summed E-state index contributed by atoms with van der Waals surface area (Å²) in [5.74, 6) is -4.47. The molecule has 14 N–H and O–H groups in total. The van der Waals surface area contributed by atoms with Gasteiger partial charge in [0.25, 0.3) is 0 Å². The number of nitrogens with one attached hydrogen (secondary N) is 7. The number of aldehydes is 1. The fourth-order valence-corrected chi connectivity index (χ4v) is 4.21. The van der Waals surface area contributed by atoms with Crippen LogP contribution < -0.4 is 54.4 Å². The SMILES string of the molecule is CCNCCCC[C@H](NC(=O)[C@H](CCCN=C(N)N)NC(=O)[C@H](C)NC(=O)[C@@H](NC(=O)[C@H](C)N)[C@@H](C)O)C(=O)N[C@@H](C)C(=O)N[C@@H](C)C=O. The van der Waals surface area contributed by atoms with Crippen molar-refractivity contribution in [2.24, 2.45) is 22.2 Å². The van der Waals surface area contributed by atoms with E-state index in [1.165, 1.54) is 34.6 Å². The van der Waals surface area contributed by atoms with Crippen molar-refractivity contribution in [3.63, 3.8) is 0 Å². The van der Waals surface area contributed by atoms with E-state index in [9.17, 15) is 38.7 Å². The van der Waals surface area contributed by atoms with E-state index in [1.807, 2.05) is 6.92 Å². The van der Waals surface area contributed by atoms with Gasteiger partial charge in [0.1, 0.15) is 36.5 Å². The molecule has 0 aliphatic carbocycles. The van der Waals surface area contributed by atoms with E-state index in [4.69, 9.17) is 17.2 Å². The summed E-state index contributed by atoms with van der Waals surface area (Å²) in [6.45, 7) is 10.4. The van der Waals surface area contributed by atoms with E-state index in [0.29, 0.717) is 25.7 Å². The van der Waals surface area contributed by atoms with Crippen LogP contribution in [0.1, 0.15) is 73.6 Å². The molecule has 0 aliphatic rings. The Morgan fingerprint density at radius 3 is 1.71 bits per heavy atom. The highest BCUT2D eigenvalue weighted by Gasteiger charge is 2.32. The predicted octanol–water partition coefficient (Wildman–Crippen LogP) is -4.28. The molecular weight excluding hydrogens is 642 g/mol. The number of nitrogens with zero attached hydrogens (tertiary/aromatic N) is 1. The minimum Gasteiger partial charge on any atom is -0.391 e. The molecule has 0 spiro atoms. The van der Waals surface area contributed by atoms with Gasteiger partial charge < -0.3 is 64.3 Å². The van der Waals surface area contributed by atoms with Gasteiger partial charge in [-0.15, -0.1) is 0 Å². The van der Waals surface area contributed by atoms with Crippen LogP contribution in [-0.4, -0.2) is 121 Å². The lowest BCUT2D eigenvalue weighted by Gasteiger charge is -2.26. The quantitative estimate of drug-likeness (QED) is 0.0197. The van der Waals surface area contributed by atoms with Gasteiger partial charge in [0.15, 0.2) is 5.96 Å². The zero-order valence-corrected chi connectivity index (χ0v) is 29.3. The maximum absolute atomic E-state index is 13.6. The van der Waals surface area contributed by atoms with Gasteiger partial charge in [-0.25, -0.2) is 0 Å². The Labute approximate surface area is 287 Å². The molecule has 0 unspecified atom stereocenters. The minimum absolute atomic E-state index is 0.0346. The third kappa shape index (κ3) is 18.7. The Bertz CT molecular complexity index is 1130. The Morgan fingerprint density at radius 1 is 0.694 bits per heavy atom. The fraction of sp³-hybridized carbons (Fsp3) is 0.733. The first kappa shape index (κ1) is 44.6. The topological polar surface area (TPSA) is 314 Å². The van der Waals surface area contributed by atoms with Gasteiger partial charge >= 0.3 is 0 Å². The minimum atomic E-state index is -1.41. The van der Waals surface area contributed by atoms with Crippen LogP contribution >= 0.6 is 0 Å². The van der Waals surface area contributed by atoms with Crippen molar-refractivity contribution >= 4 is 47.7 Å². The molecule has 0 aliphatic heterocycles. The van der Waals surface area contributed by atoms with Crippen molar-refractivity contribution in [2.75, 3.05) is 19.6 Å². The Hall–Kier alpha value is -4.36. The molecule has 0 aromatic rings. The van der Waals surface area contributed by atoms with Crippen molar-refractivity contribution in [1.29, 1.82) is 0 Å². The lowest BCUT2D eigenvalue weighted by molar-refractivity contribution is -0.136. The molecule has 0 heterocycles. The maximum Gasteiger partial charge on any atom is 0.245 e. The van der Waals surface area contributed by atoms with E-state index < -0.39 is 83.8 Å². The maximum atomic E-state index is 13.6. The number of aliphatic imine (C=N–C) groups is 1. The van der Waals surface area contributed by atoms with Crippen molar-refractivity contribution in [1.82, 2.24) is 37.2 Å². The number of amides is 6. The largest absolute Gasteiger partial charge is 0.391 e. The van der Waals surface area contributed by atoms with E-state index in [0.717, 1.165) is 6.54 Å². The molecule has 6 amide bonds. The van der Waals surface area contributed by atoms with Gasteiger partial charge in [0.2, 0.25) is 35.4 Å². The molecule has 0 aromatic heterocycles. The molecule has 49 heavy (non-hydrogen) atoms. The number of rotatable bonds is 24. The van der Waals surface area contributed by atoms with Crippen LogP contribution in [-0.2, 0) is 33.6 Å². The predicted molar refractivity (Wildman–Crippen MR) is 182 cm³/mol. The third-order valence-corrected chi connectivity index (χ3v) is 7.11. The molecule has 0 bridgehead atoms. The van der Waals surface area contributed by atoms with Crippen LogP contribution in [0.25, 0.3) is 0 Å². The molecular formula is C30H57N11O8. The highest BCUT2D eigenvalue weighted by Crippen LogP contribution is 2.06. The summed E-state index contributed by atoms with van der Waals surface area (Å²) >= 11 is 0. The molecule has 0 fully saturated rings. The monoisotopic (exact) mass is 699 g/mol. The van der Waals surface area contributed by atoms with Gasteiger partial charge in [-0.2, -0.15) is 0 Å².